The van der Waals surface area contributed by atoms with Crippen LogP contribution < -0.4 is 16.0 Å². The van der Waals surface area contributed by atoms with Crippen molar-refractivity contribution < 1.29 is 9.59 Å². The van der Waals surface area contributed by atoms with E-state index in [-0.39, 0.29) is 36.6 Å². The number of aromatic nitrogens is 1. The predicted molar refractivity (Wildman–Crippen MR) is 108 cm³/mol. The van der Waals surface area contributed by atoms with Crippen LogP contribution in [0.1, 0.15) is 28.8 Å². The molecule has 0 spiro atoms. The summed E-state index contributed by atoms with van der Waals surface area (Å²) in [5, 5.41) is 8.65. The maximum absolute atomic E-state index is 12.4. The number of benzene rings is 1. The van der Waals surface area contributed by atoms with Crippen LogP contribution in [0, 0.1) is 0 Å². The van der Waals surface area contributed by atoms with Gasteiger partial charge in [-0.2, -0.15) is 0 Å². The Balaban J connectivity index is 0.00000312. The van der Waals surface area contributed by atoms with E-state index in [1.54, 1.807) is 36.7 Å². The molecule has 3 N–H and O–H groups in total. The molecule has 2 aromatic rings. The largest absolute Gasteiger partial charge is 0.348 e. The lowest BCUT2D eigenvalue weighted by Crippen LogP contribution is -2.25. The number of para-hydroxylation sites is 1. The normalized spacial score (nSPS) is 9.42. The molecular formula is C18H24Cl2N4O2. The van der Waals surface area contributed by atoms with E-state index in [1.165, 1.54) is 0 Å². The van der Waals surface area contributed by atoms with E-state index in [2.05, 4.69) is 20.9 Å². The van der Waals surface area contributed by atoms with Gasteiger partial charge in [-0.1, -0.05) is 18.2 Å². The summed E-state index contributed by atoms with van der Waals surface area (Å²) in [4.78, 5) is 28.4. The van der Waals surface area contributed by atoms with Crippen LogP contribution in [-0.4, -0.2) is 30.4 Å². The summed E-state index contributed by atoms with van der Waals surface area (Å²) in [5.41, 5.74) is 1.89. The predicted octanol–water partition coefficient (Wildman–Crippen LogP) is 2.79. The fraction of sp³-hybridized carbons (Fsp3) is 0.278. The van der Waals surface area contributed by atoms with Crippen molar-refractivity contribution >= 4 is 42.3 Å². The van der Waals surface area contributed by atoms with Gasteiger partial charge in [0, 0.05) is 25.4 Å². The molecule has 0 saturated heterocycles. The third kappa shape index (κ3) is 7.82. The van der Waals surface area contributed by atoms with Gasteiger partial charge in [0.2, 0.25) is 5.91 Å². The molecule has 26 heavy (non-hydrogen) atoms. The molecule has 2 rings (SSSR count). The summed E-state index contributed by atoms with van der Waals surface area (Å²) in [5.74, 6) is -0.331. The lowest BCUT2D eigenvalue weighted by Gasteiger charge is -2.11. The van der Waals surface area contributed by atoms with Crippen molar-refractivity contribution in [3.8, 4) is 0 Å². The van der Waals surface area contributed by atoms with Crippen LogP contribution in [0.15, 0.2) is 48.8 Å². The molecule has 8 heteroatoms. The number of halogens is 2. The number of carbonyl (C=O) groups is 2. The third-order valence-electron chi connectivity index (χ3n) is 3.45. The average Bonchev–Trinajstić information content (AvgIpc) is 2.61. The van der Waals surface area contributed by atoms with Gasteiger partial charge in [-0.25, -0.2) is 0 Å². The molecule has 0 fully saturated rings. The summed E-state index contributed by atoms with van der Waals surface area (Å²) < 4.78 is 0. The lowest BCUT2D eigenvalue weighted by molar-refractivity contribution is -0.116. The molecule has 0 bridgehead atoms. The summed E-state index contributed by atoms with van der Waals surface area (Å²) in [6.45, 7) is 1.16. The van der Waals surface area contributed by atoms with Gasteiger partial charge in [0.05, 0.1) is 11.3 Å². The highest BCUT2D eigenvalue weighted by Gasteiger charge is 2.12. The molecule has 1 aromatic carbocycles. The highest BCUT2D eigenvalue weighted by molar-refractivity contribution is 6.03. The van der Waals surface area contributed by atoms with Crippen molar-refractivity contribution in [1.29, 1.82) is 0 Å². The number of anilines is 1. The van der Waals surface area contributed by atoms with Crippen molar-refractivity contribution in [2.75, 3.05) is 18.9 Å². The number of hydrogen-bond donors (Lipinski definition) is 3. The average molecular weight is 399 g/mol. The Morgan fingerprint density at radius 3 is 2.54 bits per heavy atom. The van der Waals surface area contributed by atoms with Gasteiger partial charge in [0.25, 0.3) is 5.91 Å². The van der Waals surface area contributed by atoms with Crippen LogP contribution in [0.4, 0.5) is 5.69 Å². The van der Waals surface area contributed by atoms with Crippen LogP contribution in [0.2, 0.25) is 0 Å². The van der Waals surface area contributed by atoms with Crippen LogP contribution >= 0.6 is 24.8 Å². The van der Waals surface area contributed by atoms with E-state index in [1.807, 2.05) is 19.2 Å². The van der Waals surface area contributed by atoms with Crippen LogP contribution in [0.25, 0.3) is 0 Å². The Hall–Kier alpha value is -2.15. The van der Waals surface area contributed by atoms with Gasteiger partial charge in [-0.05, 0) is 43.8 Å². The minimum Gasteiger partial charge on any atom is -0.348 e. The fourth-order valence-corrected chi connectivity index (χ4v) is 2.21. The number of nitrogens with zero attached hydrogens (tertiary/aromatic N) is 1. The first kappa shape index (κ1) is 23.9. The highest BCUT2D eigenvalue weighted by Crippen LogP contribution is 2.15. The fourth-order valence-electron chi connectivity index (χ4n) is 2.21. The molecular weight excluding hydrogens is 375 g/mol. The molecule has 0 radical (unpaired) electrons. The summed E-state index contributed by atoms with van der Waals surface area (Å²) >= 11 is 0. The minimum absolute atomic E-state index is 0. The molecule has 6 nitrogen and oxygen atoms in total. The summed E-state index contributed by atoms with van der Waals surface area (Å²) in [6, 6.07) is 10.7. The Morgan fingerprint density at radius 1 is 1.08 bits per heavy atom. The minimum atomic E-state index is -0.232. The summed E-state index contributed by atoms with van der Waals surface area (Å²) in [6.07, 6.45) is 4.55. The van der Waals surface area contributed by atoms with Gasteiger partial charge >= 0.3 is 0 Å². The number of nitrogens with one attached hydrogen (secondary N) is 3. The second-order valence-electron chi connectivity index (χ2n) is 5.34. The zero-order chi connectivity index (χ0) is 17.2. The molecule has 2 amide bonds. The number of amides is 2. The smallest absolute Gasteiger partial charge is 0.253 e. The van der Waals surface area contributed by atoms with Gasteiger partial charge in [-0.15, -0.1) is 24.8 Å². The van der Waals surface area contributed by atoms with Crippen molar-refractivity contribution in [2.45, 2.75) is 19.4 Å². The molecule has 0 aliphatic rings. The molecule has 0 unspecified atom stereocenters. The Morgan fingerprint density at radius 2 is 1.85 bits per heavy atom. The first-order chi connectivity index (χ1) is 11.7. The van der Waals surface area contributed by atoms with Gasteiger partial charge < -0.3 is 16.0 Å². The first-order valence-corrected chi connectivity index (χ1v) is 7.91. The van der Waals surface area contributed by atoms with Gasteiger partial charge in [-0.3, -0.25) is 14.6 Å². The number of rotatable bonds is 8. The van der Waals surface area contributed by atoms with E-state index in [0.29, 0.717) is 24.2 Å². The second kappa shape index (κ2) is 13.1. The number of pyridine rings is 1. The molecule has 0 aliphatic heterocycles. The number of hydrogen-bond acceptors (Lipinski definition) is 4. The Labute approximate surface area is 166 Å². The van der Waals surface area contributed by atoms with Crippen molar-refractivity contribution in [3.63, 3.8) is 0 Å². The summed E-state index contributed by atoms with van der Waals surface area (Å²) in [7, 11) is 1.85. The zero-order valence-electron chi connectivity index (χ0n) is 14.5. The van der Waals surface area contributed by atoms with Crippen LogP contribution in [0.3, 0.4) is 0 Å². The Kier molecular flexibility index (Phi) is 12.0. The highest BCUT2D eigenvalue weighted by atomic mass is 35.5. The molecule has 0 saturated carbocycles. The maximum Gasteiger partial charge on any atom is 0.253 e. The first-order valence-electron chi connectivity index (χ1n) is 7.91. The third-order valence-corrected chi connectivity index (χ3v) is 3.45. The lowest BCUT2D eigenvalue weighted by atomic mass is 10.1. The van der Waals surface area contributed by atoms with Crippen molar-refractivity contribution in [3.05, 3.63) is 59.9 Å². The van der Waals surface area contributed by atoms with Crippen LogP contribution in [-0.2, 0) is 11.3 Å². The monoisotopic (exact) mass is 398 g/mol. The van der Waals surface area contributed by atoms with Crippen molar-refractivity contribution in [2.24, 2.45) is 0 Å². The molecule has 0 atom stereocenters. The Bertz CT molecular complexity index is 684. The standard InChI is InChI=1S/C18H22N4O2.2ClH/c1-19-10-5-9-17(23)22-16-8-3-2-7-15(16)18(24)21-13-14-6-4-11-20-12-14;;/h2-4,6-8,11-12,19H,5,9-10,13H2,1H3,(H,21,24)(H,22,23);2*1H. The molecule has 1 aromatic heterocycles. The molecule has 1 heterocycles. The van der Waals surface area contributed by atoms with Crippen molar-refractivity contribution in [1.82, 2.24) is 15.6 Å². The van der Waals surface area contributed by atoms with Gasteiger partial charge in [0.1, 0.15) is 0 Å². The topological polar surface area (TPSA) is 83.1 Å². The second-order valence-corrected chi connectivity index (χ2v) is 5.34. The van der Waals surface area contributed by atoms with Gasteiger partial charge in [0.15, 0.2) is 0 Å². The van der Waals surface area contributed by atoms with E-state index < -0.39 is 0 Å². The van der Waals surface area contributed by atoms with E-state index in [9.17, 15) is 9.59 Å². The molecule has 0 aliphatic carbocycles. The van der Waals surface area contributed by atoms with E-state index in [4.69, 9.17) is 0 Å². The van der Waals surface area contributed by atoms with Crippen LogP contribution in [0.5, 0.6) is 0 Å². The van der Waals surface area contributed by atoms with E-state index >= 15 is 0 Å². The van der Waals surface area contributed by atoms with E-state index in [0.717, 1.165) is 18.5 Å². The number of carbonyl (C=O) groups excluding carboxylic acids is 2. The zero-order valence-corrected chi connectivity index (χ0v) is 16.2. The quantitative estimate of drug-likeness (QED) is 0.596. The SMILES string of the molecule is CNCCCC(=O)Nc1ccccc1C(=O)NCc1cccnc1.Cl.Cl. The maximum atomic E-state index is 12.4. The molecule has 142 valence electrons.